The van der Waals surface area contributed by atoms with Gasteiger partial charge in [-0.25, -0.2) is 0 Å². The number of nitrogens with one attached hydrogen (secondary N) is 1. The van der Waals surface area contributed by atoms with Gasteiger partial charge in [-0.2, -0.15) is 0 Å². The summed E-state index contributed by atoms with van der Waals surface area (Å²) in [4.78, 5) is 0. The molecule has 0 aromatic heterocycles. The zero-order valence-corrected chi connectivity index (χ0v) is 15.4. The number of hydrogen-bond acceptors (Lipinski definition) is 1. The van der Waals surface area contributed by atoms with E-state index >= 15 is 0 Å². The van der Waals surface area contributed by atoms with E-state index in [1.165, 1.54) is 25.0 Å². The Morgan fingerprint density at radius 2 is 1.55 bits per heavy atom. The van der Waals surface area contributed by atoms with E-state index in [0.717, 1.165) is 24.8 Å². The third kappa shape index (κ3) is 8.66. The first-order valence-electron chi connectivity index (χ1n) is 8.38. The second kappa shape index (κ2) is 8.10. The van der Waals surface area contributed by atoms with Gasteiger partial charge in [0.25, 0.3) is 0 Å². The topological polar surface area (TPSA) is 12.0 Å². The van der Waals surface area contributed by atoms with Crippen molar-refractivity contribution in [1.29, 1.82) is 0 Å². The molecule has 0 aliphatic rings. The number of allylic oxidation sites excluding steroid dienone is 1. The summed E-state index contributed by atoms with van der Waals surface area (Å²) in [5.41, 5.74) is 1.98. The first-order chi connectivity index (χ1) is 8.96. The van der Waals surface area contributed by atoms with Gasteiger partial charge in [0.2, 0.25) is 0 Å². The normalized spacial score (nSPS) is 13.1. The Hall–Kier alpha value is -0.460. The second-order valence-corrected chi connectivity index (χ2v) is 8.70. The van der Waals surface area contributed by atoms with Gasteiger partial charge in [0.15, 0.2) is 0 Å². The van der Waals surface area contributed by atoms with Crippen LogP contribution in [0.25, 0.3) is 0 Å². The zero-order valence-electron chi connectivity index (χ0n) is 15.4. The van der Waals surface area contributed by atoms with Crippen LogP contribution in [0.4, 0.5) is 0 Å². The maximum absolute atomic E-state index is 4.21. The van der Waals surface area contributed by atoms with Crippen molar-refractivity contribution in [1.82, 2.24) is 5.32 Å². The van der Waals surface area contributed by atoms with Crippen molar-refractivity contribution in [2.75, 3.05) is 6.54 Å². The highest BCUT2D eigenvalue weighted by Gasteiger charge is 2.27. The Morgan fingerprint density at radius 1 is 1.00 bits per heavy atom. The van der Waals surface area contributed by atoms with E-state index < -0.39 is 0 Å². The largest absolute Gasteiger partial charge is 0.389 e. The van der Waals surface area contributed by atoms with E-state index in [9.17, 15) is 0 Å². The van der Waals surface area contributed by atoms with Crippen molar-refractivity contribution >= 4 is 0 Å². The van der Waals surface area contributed by atoms with Crippen LogP contribution in [0.2, 0.25) is 0 Å². The fraction of sp³-hybridized carbons (Fsp3) is 0.895. The third-order valence-corrected chi connectivity index (χ3v) is 4.80. The Labute approximate surface area is 128 Å². The quantitative estimate of drug-likeness (QED) is 0.516. The minimum absolute atomic E-state index is 0.341. The van der Waals surface area contributed by atoms with E-state index in [4.69, 9.17) is 0 Å². The van der Waals surface area contributed by atoms with Crippen molar-refractivity contribution in [3.05, 3.63) is 12.3 Å². The molecule has 1 N–H and O–H groups in total. The molecule has 1 heteroatoms. The van der Waals surface area contributed by atoms with Crippen LogP contribution in [0, 0.1) is 22.7 Å². The van der Waals surface area contributed by atoms with Gasteiger partial charge >= 0.3 is 0 Å². The zero-order chi connectivity index (χ0) is 16.0. The van der Waals surface area contributed by atoms with E-state index in [-0.39, 0.29) is 0 Å². The maximum Gasteiger partial charge on any atom is 0.0146 e. The summed E-state index contributed by atoms with van der Waals surface area (Å²) in [5, 5.41) is 3.50. The maximum atomic E-state index is 4.21. The molecule has 1 nitrogen and oxygen atoms in total. The van der Waals surface area contributed by atoms with Gasteiger partial charge in [0.05, 0.1) is 0 Å². The van der Waals surface area contributed by atoms with Gasteiger partial charge in [-0.05, 0) is 48.3 Å². The molecule has 0 atom stereocenters. The van der Waals surface area contributed by atoms with Crippen molar-refractivity contribution in [3.63, 3.8) is 0 Å². The fourth-order valence-electron chi connectivity index (χ4n) is 2.22. The van der Waals surface area contributed by atoms with Crippen LogP contribution in [0.1, 0.15) is 81.1 Å². The molecule has 20 heavy (non-hydrogen) atoms. The summed E-state index contributed by atoms with van der Waals surface area (Å²) in [6, 6.07) is 0. The molecule has 0 aliphatic heterocycles. The van der Waals surface area contributed by atoms with E-state index in [0.29, 0.717) is 10.8 Å². The summed E-state index contributed by atoms with van der Waals surface area (Å²) in [5.74, 6) is 1.50. The molecule has 0 saturated carbocycles. The second-order valence-electron chi connectivity index (χ2n) is 8.70. The number of rotatable bonds is 10. The van der Waals surface area contributed by atoms with Crippen LogP contribution in [0.3, 0.4) is 0 Å². The highest BCUT2D eigenvalue weighted by molar-refractivity contribution is 4.96. The third-order valence-electron chi connectivity index (χ3n) is 4.80. The summed E-state index contributed by atoms with van der Waals surface area (Å²) in [7, 11) is 0. The van der Waals surface area contributed by atoms with E-state index in [1.54, 1.807) is 0 Å². The minimum atomic E-state index is 0.341. The highest BCUT2D eigenvalue weighted by atomic mass is 14.9. The van der Waals surface area contributed by atoms with Gasteiger partial charge in [0.1, 0.15) is 0 Å². The average molecular weight is 282 g/mol. The van der Waals surface area contributed by atoms with E-state index in [1.807, 2.05) is 0 Å². The molecule has 0 saturated heterocycles. The molecule has 0 rings (SSSR count). The van der Waals surface area contributed by atoms with Gasteiger partial charge < -0.3 is 5.32 Å². The fourth-order valence-corrected chi connectivity index (χ4v) is 2.22. The minimum Gasteiger partial charge on any atom is -0.389 e. The molecule has 0 spiro atoms. The smallest absolute Gasteiger partial charge is 0.0146 e. The van der Waals surface area contributed by atoms with Crippen LogP contribution in [0.5, 0.6) is 0 Å². The summed E-state index contributed by atoms with van der Waals surface area (Å²) < 4.78 is 0. The lowest BCUT2D eigenvalue weighted by Gasteiger charge is -2.34. The molecule has 0 unspecified atom stereocenters. The van der Waals surface area contributed by atoms with Crippen LogP contribution in [0.15, 0.2) is 12.3 Å². The van der Waals surface area contributed by atoms with Crippen molar-refractivity contribution in [3.8, 4) is 0 Å². The van der Waals surface area contributed by atoms with Crippen molar-refractivity contribution < 1.29 is 0 Å². The molecule has 0 aliphatic carbocycles. The predicted molar refractivity (Wildman–Crippen MR) is 92.8 cm³/mol. The molecule has 0 aromatic carbocycles. The highest BCUT2D eigenvalue weighted by Crippen LogP contribution is 2.38. The first kappa shape index (κ1) is 19.5. The van der Waals surface area contributed by atoms with Gasteiger partial charge in [-0.15, -0.1) is 0 Å². The Balaban J connectivity index is 4.15. The standard InChI is InChI=1S/C19H39N/c1-15(2)10-13-20-17(5)14-18(6,7)11-12-19(8,9)16(3)4/h15-16,20H,5,10-14H2,1-4,6-9H3. The molecule has 0 amide bonds. The summed E-state index contributed by atoms with van der Waals surface area (Å²) >= 11 is 0. The van der Waals surface area contributed by atoms with Crippen molar-refractivity contribution in [2.24, 2.45) is 22.7 Å². The summed E-state index contributed by atoms with van der Waals surface area (Å²) in [6.07, 6.45) is 4.86. The average Bonchev–Trinajstić information content (AvgIpc) is 2.25. The molecule has 0 aromatic rings. The first-order valence-corrected chi connectivity index (χ1v) is 8.38. The molecular formula is C19H39N. The van der Waals surface area contributed by atoms with Gasteiger partial charge in [-0.1, -0.05) is 62.0 Å². The lowest BCUT2D eigenvalue weighted by Crippen LogP contribution is -2.25. The van der Waals surface area contributed by atoms with Gasteiger partial charge in [-0.3, -0.25) is 0 Å². The van der Waals surface area contributed by atoms with E-state index in [2.05, 4.69) is 67.3 Å². The Kier molecular flexibility index (Phi) is 7.91. The SMILES string of the molecule is C=C(CC(C)(C)CCC(C)(C)C(C)C)NCCC(C)C. The molecule has 0 bridgehead atoms. The van der Waals surface area contributed by atoms with Crippen LogP contribution >= 0.6 is 0 Å². The van der Waals surface area contributed by atoms with Crippen LogP contribution < -0.4 is 5.32 Å². The van der Waals surface area contributed by atoms with Crippen LogP contribution in [-0.2, 0) is 0 Å². The predicted octanol–water partition coefficient (Wildman–Crippen LogP) is 6.01. The molecular weight excluding hydrogens is 242 g/mol. The molecule has 0 radical (unpaired) electrons. The van der Waals surface area contributed by atoms with Gasteiger partial charge in [0, 0.05) is 12.2 Å². The Bertz CT molecular complexity index is 284. The molecule has 0 heterocycles. The lowest BCUT2D eigenvalue weighted by atomic mass is 9.72. The summed E-state index contributed by atoms with van der Waals surface area (Å²) in [6.45, 7) is 24.0. The Morgan fingerprint density at radius 3 is 2.00 bits per heavy atom. The number of hydrogen-bond donors (Lipinski definition) is 1. The van der Waals surface area contributed by atoms with Crippen molar-refractivity contribution in [2.45, 2.75) is 81.1 Å². The molecule has 0 fully saturated rings. The lowest BCUT2D eigenvalue weighted by molar-refractivity contribution is 0.180. The van der Waals surface area contributed by atoms with Crippen LogP contribution in [-0.4, -0.2) is 6.54 Å². The molecule has 120 valence electrons. The monoisotopic (exact) mass is 281 g/mol.